The second-order valence-corrected chi connectivity index (χ2v) is 6.04. The third-order valence-corrected chi connectivity index (χ3v) is 3.98. The van der Waals surface area contributed by atoms with Gasteiger partial charge >= 0.3 is 0 Å². The highest BCUT2D eigenvalue weighted by Crippen LogP contribution is 2.38. The molecule has 1 aliphatic rings. The molecule has 3 rings (SSSR count). The lowest BCUT2D eigenvalue weighted by atomic mass is 10.2. The molecule has 1 N–H and O–H groups in total. The number of ether oxygens (including phenoxy) is 3. The van der Waals surface area contributed by atoms with E-state index < -0.39 is 0 Å². The van der Waals surface area contributed by atoms with Crippen molar-refractivity contribution >= 4 is 29.3 Å². The van der Waals surface area contributed by atoms with Gasteiger partial charge in [0.15, 0.2) is 11.5 Å². The summed E-state index contributed by atoms with van der Waals surface area (Å²) in [5, 5.41) is 3.28. The van der Waals surface area contributed by atoms with E-state index in [4.69, 9.17) is 25.8 Å². The van der Waals surface area contributed by atoms with E-state index in [1.54, 1.807) is 18.2 Å². The van der Waals surface area contributed by atoms with Crippen LogP contribution in [-0.4, -0.2) is 25.7 Å². The van der Waals surface area contributed by atoms with Crippen LogP contribution in [0.4, 0.5) is 5.69 Å². The monoisotopic (exact) mass is 373 g/mol. The van der Waals surface area contributed by atoms with Crippen molar-refractivity contribution in [3.63, 3.8) is 0 Å². The minimum atomic E-state index is -0.264. The number of benzene rings is 2. The molecule has 0 spiro atoms. The second kappa shape index (κ2) is 8.63. The second-order valence-electron chi connectivity index (χ2n) is 5.63. The lowest BCUT2D eigenvalue weighted by Gasteiger charge is -2.10. The maximum Gasteiger partial charge on any atom is 0.248 e. The van der Waals surface area contributed by atoms with Gasteiger partial charge in [0.1, 0.15) is 5.75 Å². The molecule has 5 nitrogen and oxygen atoms in total. The van der Waals surface area contributed by atoms with E-state index in [9.17, 15) is 4.79 Å². The van der Waals surface area contributed by atoms with Crippen molar-refractivity contribution in [1.82, 2.24) is 0 Å². The summed E-state index contributed by atoms with van der Waals surface area (Å²) in [7, 11) is 0. The van der Waals surface area contributed by atoms with Crippen molar-refractivity contribution < 1.29 is 19.0 Å². The third-order valence-electron chi connectivity index (χ3n) is 3.70. The van der Waals surface area contributed by atoms with Gasteiger partial charge in [0.05, 0.1) is 30.5 Å². The number of nitrogens with one attached hydrogen (secondary N) is 1. The maximum absolute atomic E-state index is 12.2. The van der Waals surface area contributed by atoms with Crippen LogP contribution < -0.4 is 19.5 Å². The largest absolute Gasteiger partial charge is 0.492 e. The molecule has 0 atom stereocenters. The third kappa shape index (κ3) is 4.49. The molecule has 0 bridgehead atoms. The molecule has 0 radical (unpaired) electrons. The Labute approximate surface area is 157 Å². The number of rotatable bonds is 5. The van der Waals surface area contributed by atoms with Crippen LogP contribution in [0.5, 0.6) is 17.2 Å². The Morgan fingerprint density at radius 1 is 1.27 bits per heavy atom. The van der Waals surface area contributed by atoms with Crippen molar-refractivity contribution in [2.75, 3.05) is 25.1 Å². The summed E-state index contributed by atoms with van der Waals surface area (Å²) < 4.78 is 16.8. The first-order valence-electron chi connectivity index (χ1n) is 8.47. The minimum absolute atomic E-state index is 0.264. The predicted molar refractivity (Wildman–Crippen MR) is 102 cm³/mol. The molecule has 6 heteroatoms. The Balaban J connectivity index is 1.73. The Morgan fingerprint density at radius 3 is 2.92 bits per heavy atom. The highest BCUT2D eigenvalue weighted by atomic mass is 35.5. The molecule has 1 aliphatic heterocycles. The van der Waals surface area contributed by atoms with E-state index in [0.717, 1.165) is 12.0 Å². The Bertz CT molecular complexity index is 819. The van der Waals surface area contributed by atoms with Crippen LogP contribution >= 0.6 is 11.6 Å². The number of para-hydroxylation sites is 2. The topological polar surface area (TPSA) is 56.8 Å². The van der Waals surface area contributed by atoms with Crippen LogP contribution in [0.3, 0.4) is 0 Å². The summed E-state index contributed by atoms with van der Waals surface area (Å²) in [4.78, 5) is 12.2. The van der Waals surface area contributed by atoms with Crippen molar-refractivity contribution in [2.24, 2.45) is 0 Å². The summed E-state index contributed by atoms with van der Waals surface area (Å²) in [6.45, 7) is 3.57. The zero-order valence-corrected chi connectivity index (χ0v) is 15.2. The van der Waals surface area contributed by atoms with Gasteiger partial charge in [-0.3, -0.25) is 4.79 Å². The molecule has 136 valence electrons. The van der Waals surface area contributed by atoms with E-state index in [2.05, 4.69) is 5.32 Å². The number of anilines is 1. The van der Waals surface area contributed by atoms with Crippen molar-refractivity contribution in [2.45, 2.75) is 13.3 Å². The zero-order valence-electron chi connectivity index (χ0n) is 14.5. The fraction of sp³-hybridized carbons (Fsp3) is 0.250. The molecule has 0 saturated carbocycles. The summed E-state index contributed by atoms with van der Waals surface area (Å²) >= 11 is 6.26. The Kier molecular flexibility index (Phi) is 6.02. The molecule has 2 aromatic carbocycles. The van der Waals surface area contributed by atoms with Crippen molar-refractivity contribution in [3.05, 3.63) is 53.1 Å². The van der Waals surface area contributed by atoms with Gasteiger partial charge in [-0.15, -0.1) is 0 Å². The highest BCUT2D eigenvalue weighted by molar-refractivity contribution is 6.32. The molecular formula is C20H20ClNO4. The normalized spacial score (nSPS) is 13.3. The molecule has 0 fully saturated rings. The van der Waals surface area contributed by atoms with Gasteiger partial charge < -0.3 is 19.5 Å². The molecule has 2 aromatic rings. The average molecular weight is 374 g/mol. The number of carbonyl (C=O) groups excluding carboxylic acids is 1. The zero-order chi connectivity index (χ0) is 18.4. The molecule has 0 aromatic heterocycles. The first-order valence-corrected chi connectivity index (χ1v) is 8.85. The van der Waals surface area contributed by atoms with Crippen molar-refractivity contribution in [1.29, 1.82) is 0 Å². The maximum atomic E-state index is 12.2. The molecule has 26 heavy (non-hydrogen) atoms. The van der Waals surface area contributed by atoms with Crippen LogP contribution in [0.25, 0.3) is 6.08 Å². The molecular weight excluding hydrogens is 354 g/mol. The fourth-order valence-electron chi connectivity index (χ4n) is 2.54. The van der Waals surface area contributed by atoms with Gasteiger partial charge in [-0.25, -0.2) is 0 Å². The fourth-order valence-corrected chi connectivity index (χ4v) is 2.82. The number of halogens is 1. The van der Waals surface area contributed by atoms with Gasteiger partial charge in [0.25, 0.3) is 0 Å². The van der Waals surface area contributed by atoms with E-state index in [-0.39, 0.29) is 5.91 Å². The summed E-state index contributed by atoms with van der Waals surface area (Å²) in [6.07, 6.45) is 3.93. The number of carbonyl (C=O) groups is 1. The molecule has 0 aliphatic carbocycles. The van der Waals surface area contributed by atoms with Gasteiger partial charge in [-0.2, -0.15) is 0 Å². The van der Waals surface area contributed by atoms with E-state index >= 15 is 0 Å². The number of hydrogen-bond donors (Lipinski definition) is 1. The van der Waals surface area contributed by atoms with E-state index in [1.165, 1.54) is 6.08 Å². The average Bonchev–Trinajstić information content (AvgIpc) is 2.88. The lowest BCUT2D eigenvalue weighted by Crippen LogP contribution is -2.09. The SMILES string of the molecule is CCOc1ccccc1NC(=O)C=Cc1cc(Cl)c2c(c1)OCCCO2. The number of amides is 1. The van der Waals surface area contributed by atoms with Crippen LogP contribution in [0.2, 0.25) is 5.02 Å². The van der Waals surface area contributed by atoms with Crippen LogP contribution in [-0.2, 0) is 4.79 Å². The smallest absolute Gasteiger partial charge is 0.248 e. The Hall–Kier alpha value is -2.66. The van der Waals surface area contributed by atoms with Crippen LogP contribution in [0.15, 0.2) is 42.5 Å². The Morgan fingerprint density at radius 2 is 2.08 bits per heavy atom. The molecule has 0 saturated heterocycles. The van der Waals surface area contributed by atoms with E-state index in [0.29, 0.717) is 47.8 Å². The minimum Gasteiger partial charge on any atom is -0.492 e. The van der Waals surface area contributed by atoms with Gasteiger partial charge in [0, 0.05) is 12.5 Å². The van der Waals surface area contributed by atoms with Crippen LogP contribution in [0, 0.1) is 0 Å². The standard InChI is InChI=1S/C20H20ClNO4/c1-2-24-17-7-4-3-6-16(17)22-19(23)9-8-14-12-15(21)20-18(13-14)25-10-5-11-26-20/h3-4,6-9,12-13H,2,5,10-11H2,1H3,(H,22,23). The summed E-state index contributed by atoms with van der Waals surface area (Å²) in [5.74, 6) is 1.52. The first kappa shape index (κ1) is 18.1. The highest BCUT2D eigenvalue weighted by Gasteiger charge is 2.15. The molecule has 0 unspecified atom stereocenters. The quantitative estimate of drug-likeness (QED) is 0.781. The van der Waals surface area contributed by atoms with Gasteiger partial charge in [-0.1, -0.05) is 23.7 Å². The number of hydrogen-bond acceptors (Lipinski definition) is 4. The number of fused-ring (bicyclic) bond motifs is 1. The van der Waals surface area contributed by atoms with Crippen molar-refractivity contribution in [3.8, 4) is 17.2 Å². The summed E-state index contributed by atoms with van der Waals surface area (Å²) in [6, 6.07) is 10.9. The lowest BCUT2D eigenvalue weighted by molar-refractivity contribution is -0.111. The summed E-state index contributed by atoms with van der Waals surface area (Å²) in [5.41, 5.74) is 1.38. The molecule has 1 heterocycles. The predicted octanol–water partition coefficient (Wildman–Crippen LogP) is 4.55. The molecule has 1 amide bonds. The van der Waals surface area contributed by atoms with Gasteiger partial charge in [0.2, 0.25) is 5.91 Å². The van der Waals surface area contributed by atoms with Crippen LogP contribution in [0.1, 0.15) is 18.9 Å². The van der Waals surface area contributed by atoms with Gasteiger partial charge in [-0.05, 0) is 42.8 Å². The first-order chi connectivity index (χ1) is 12.7. The van der Waals surface area contributed by atoms with E-state index in [1.807, 2.05) is 31.2 Å².